The average molecular weight is 383 g/mol. The van der Waals surface area contributed by atoms with E-state index < -0.39 is 0 Å². The zero-order chi connectivity index (χ0) is 19.5. The number of ether oxygens (including phenoxy) is 1. The van der Waals surface area contributed by atoms with E-state index in [4.69, 9.17) is 4.74 Å². The Kier molecular flexibility index (Phi) is 5.67. The molecular weight excluding hydrogens is 352 g/mol. The Hall–Kier alpha value is -2.34. The van der Waals surface area contributed by atoms with Crippen LogP contribution in [-0.4, -0.2) is 53.4 Å². The standard InChI is InChI=1S/C22H30N4O2/c1-25-20(14-18(24-25)17-9-3-4-11-21(17)28-2)22(27)23-15-16-8-7-13-26-12-6-5-10-19(16)26/h3-4,9,11,14,16,19H,5-8,10,12-13,15H2,1-2H3,(H,23,27)/t16-,19-/m0/s1. The molecule has 0 unspecified atom stereocenters. The van der Waals surface area contributed by atoms with Crippen molar-refractivity contribution >= 4 is 5.91 Å². The molecule has 2 aliphatic heterocycles. The summed E-state index contributed by atoms with van der Waals surface area (Å²) in [6.45, 7) is 3.19. The lowest BCUT2D eigenvalue weighted by molar-refractivity contribution is 0.0574. The molecule has 0 radical (unpaired) electrons. The molecule has 6 heteroatoms. The quantitative estimate of drug-likeness (QED) is 0.863. The van der Waals surface area contributed by atoms with Gasteiger partial charge in [0.15, 0.2) is 0 Å². The maximum atomic E-state index is 12.9. The summed E-state index contributed by atoms with van der Waals surface area (Å²) in [7, 11) is 3.46. The highest BCUT2D eigenvalue weighted by molar-refractivity contribution is 5.93. The number of carbonyl (C=O) groups is 1. The van der Waals surface area contributed by atoms with Crippen molar-refractivity contribution in [1.29, 1.82) is 0 Å². The molecular formula is C22H30N4O2. The first-order valence-electron chi connectivity index (χ1n) is 10.4. The van der Waals surface area contributed by atoms with E-state index in [1.54, 1.807) is 11.8 Å². The van der Waals surface area contributed by atoms with Gasteiger partial charge in [0.25, 0.3) is 5.91 Å². The van der Waals surface area contributed by atoms with Crippen LogP contribution in [0.4, 0.5) is 0 Å². The lowest BCUT2D eigenvalue weighted by Crippen LogP contribution is -2.51. The van der Waals surface area contributed by atoms with Crippen molar-refractivity contribution in [3.63, 3.8) is 0 Å². The normalized spacial score (nSPS) is 22.5. The van der Waals surface area contributed by atoms with E-state index in [1.807, 2.05) is 37.4 Å². The van der Waals surface area contributed by atoms with Gasteiger partial charge >= 0.3 is 0 Å². The molecule has 2 fully saturated rings. The van der Waals surface area contributed by atoms with Crippen LogP contribution in [-0.2, 0) is 7.05 Å². The lowest BCUT2D eigenvalue weighted by Gasteiger charge is -2.44. The third-order valence-electron chi connectivity index (χ3n) is 6.25. The van der Waals surface area contributed by atoms with Gasteiger partial charge in [0.1, 0.15) is 11.4 Å². The Balaban J connectivity index is 1.44. The zero-order valence-corrected chi connectivity index (χ0v) is 16.9. The second-order valence-electron chi connectivity index (χ2n) is 7.95. The fourth-order valence-electron chi connectivity index (χ4n) is 4.80. The molecule has 1 N–H and O–H groups in total. The summed E-state index contributed by atoms with van der Waals surface area (Å²) >= 11 is 0. The number of piperidine rings is 2. The second-order valence-corrected chi connectivity index (χ2v) is 7.95. The van der Waals surface area contributed by atoms with Crippen LogP contribution in [0.5, 0.6) is 5.75 Å². The van der Waals surface area contributed by atoms with E-state index in [9.17, 15) is 4.79 Å². The molecule has 0 saturated carbocycles. The van der Waals surface area contributed by atoms with Gasteiger partial charge in [0.05, 0.1) is 12.8 Å². The van der Waals surface area contributed by atoms with Crippen LogP contribution in [0.2, 0.25) is 0 Å². The van der Waals surface area contributed by atoms with Crippen molar-refractivity contribution < 1.29 is 9.53 Å². The number of benzene rings is 1. The summed E-state index contributed by atoms with van der Waals surface area (Å²) in [5.41, 5.74) is 2.23. The average Bonchev–Trinajstić information content (AvgIpc) is 3.13. The van der Waals surface area contributed by atoms with E-state index in [1.165, 1.54) is 45.2 Å². The van der Waals surface area contributed by atoms with Crippen LogP contribution in [0.1, 0.15) is 42.6 Å². The topological polar surface area (TPSA) is 59.4 Å². The zero-order valence-electron chi connectivity index (χ0n) is 16.9. The molecule has 0 spiro atoms. The number of hydrogen-bond donors (Lipinski definition) is 1. The third kappa shape index (κ3) is 3.78. The van der Waals surface area contributed by atoms with Crippen LogP contribution >= 0.6 is 0 Å². The van der Waals surface area contributed by atoms with Gasteiger partial charge in [-0.15, -0.1) is 0 Å². The minimum atomic E-state index is -0.0518. The van der Waals surface area contributed by atoms with Gasteiger partial charge in [-0.2, -0.15) is 5.10 Å². The summed E-state index contributed by atoms with van der Waals surface area (Å²) in [5, 5.41) is 7.72. The van der Waals surface area contributed by atoms with Crippen molar-refractivity contribution in [2.75, 3.05) is 26.7 Å². The predicted molar refractivity (Wildman–Crippen MR) is 109 cm³/mol. The van der Waals surface area contributed by atoms with Crippen LogP contribution < -0.4 is 10.1 Å². The number of methoxy groups -OCH3 is 1. The number of rotatable bonds is 5. The van der Waals surface area contributed by atoms with Crippen molar-refractivity contribution in [3.8, 4) is 17.0 Å². The van der Waals surface area contributed by atoms with Gasteiger partial charge in [-0.1, -0.05) is 18.6 Å². The molecule has 1 aromatic heterocycles. The molecule has 2 aromatic rings. The summed E-state index contributed by atoms with van der Waals surface area (Å²) in [6.07, 6.45) is 6.34. The smallest absolute Gasteiger partial charge is 0.269 e. The van der Waals surface area contributed by atoms with E-state index in [0.717, 1.165) is 23.6 Å². The van der Waals surface area contributed by atoms with Crippen molar-refractivity contribution in [1.82, 2.24) is 20.0 Å². The summed E-state index contributed by atoms with van der Waals surface area (Å²) < 4.78 is 7.09. The monoisotopic (exact) mass is 382 g/mol. The Morgan fingerprint density at radius 3 is 2.89 bits per heavy atom. The minimum Gasteiger partial charge on any atom is -0.496 e. The Bertz CT molecular complexity index is 830. The number of carbonyl (C=O) groups excluding carboxylic acids is 1. The molecule has 4 rings (SSSR count). The molecule has 0 bridgehead atoms. The first kappa shape index (κ1) is 19.0. The molecule has 1 aromatic carbocycles. The molecule has 28 heavy (non-hydrogen) atoms. The Morgan fingerprint density at radius 2 is 2.04 bits per heavy atom. The number of hydrogen-bond acceptors (Lipinski definition) is 4. The summed E-state index contributed by atoms with van der Waals surface area (Å²) in [6, 6.07) is 10.2. The number of para-hydroxylation sites is 1. The maximum Gasteiger partial charge on any atom is 0.269 e. The van der Waals surface area contributed by atoms with Gasteiger partial charge in [-0.05, 0) is 62.9 Å². The lowest BCUT2D eigenvalue weighted by atomic mass is 9.83. The highest BCUT2D eigenvalue weighted by Crippen LogP contribution is 2.31. The van der Waals surface area contributed by atoms with Gasteiger partial charge in [0, 0.05) is 25.2 Å². The fraction of sp³-hybridized carbons (Fsp3) is 0.545. The van der Waals surface area contributed by atoms with Crippen LogP contribution in [0.15, 0.2) is 30.3 Å². The number of nitrogens with one attached hydrogen (secondary N) is 1. The Morgan fingerprint density at radius 1 is 1.21 bits per heavy atom. The predicted octanol–water partition coefficient (Wildman–Crippen LogP) is 3.09. The fourth-order valence-corrected chi connectivity index (χ4v) is 4.80. The molecule has 3 heterocycles. The number of aromatic nitrogens is 2. The van der Waals surface area contributed by atoms with E-state index in [0.29, 0.717) is 17.7 Å². The summed E-state index contributed by atoms with van der Waals surface area (Å²) in [4.78, 5) is 15.5. The van der Waals surface area contributed by atoms with Gasteiger partial charge in [-0.3, -0.25) is 9.48 Å². The highest BCUT2D eigenvalue weighted by atomic mass is 16.5. The third-order valence-corrected chi connectivity index (χ3v) is 6.25. The molecule has 6 nitrogen and oxygen atoms in total. The number of nitrogens with zero attached hydrogens (tertiary/aromatic N) is 3. The molecule has 2 aliphatic rings. The molecule has 1 amide bonds. The second kappa shape index (κ2) is 8.35. The van der Waals surface area contributed by atoms with Gasteiger partial charge in [0.2, 0.25) is 0 Å². The van der Waals surface area contributed by atoms with Gasteiger partial charge < -0.3 is 15.0 Å². The largest absolute Gasteiger partial charge is 0.496 e. The van der Waals surface area contributed by atoms with Crippen molar-refractivity contribution in [2.24, 2.45) is 13.0 Å². The highest BCUT2D eigenvalue weighted by Gasteiger charge is 2.33. The SMILES string of the molecule is COc1ccccc1-c1cc(C(=O)NC[C@@H]2CCCN3CCCC[C@@H]23)n(C)n1. The van der Waals surface area contributed by atoms with Crippen molar-refractivity contribution in [3.05, 3.63) is 36.0 Å². The van der Waals surface area contributed by atoms with Crippen LogP contribution in [0.3, 0.4) is 0 Å². The maximum absolute atomic E-state index is 12.9. The Labute approximate surface area is 166 Å². The van der Waals surface area contributed by atoms with E-state index in [2.05, 4.69) is 15.3 Å². The number of fused-ring (bicyclic) bond motifs is 1. The van der Waals surface area contributed by atoms with Gasteiger partial charge in [-0.25, -0.2) is 0 Å². The first-order chi connectivity index (χ1) is 13.7. The number of amides is 1. The minimum absolute atomic E-state index is 0.0518. The van der Waals surface area contributed by atoms with Crippen LogP contribution in [0.25, 0.3) is 11.3 Å². The molecule has 0 aliphatic carbocycles. The van der Waals surface area contributed by atoms with Crippen LogP contribution in [0, 0.1) is 5.92 Å². The number of aryl methyl sites for hydroxylation is 1. The summed E-state index contributed by atoms with van der Waals surface area (Å²) in [5.74, 6) is 1.26. The van der Waals surface area contributed by atoms with Crippen molar-refractivity contribution in [2.45, 2.75) is 38.1 Å². The molecule has 2 atom stereocenters. The molecule has 150 valence electrons. The first-order valence-corrected chi connectivity index (χ1v) is 10.4. The molecule has 2 saturated heterocycles. The van der Waals surface area contributed by atoms with E-state index in [-0.39, 0.29) is 5.91 Å². The van der Waals surface area contributed by atoms with E-state index >= 15 is 0 Å².